The van der Waals surface area contributed by atoms with E-state index in [4.69, 9.17) is 9.63 Å². The second-order valence-corrected chi connectivity index (χ2v) is 3.63. The van der Waals surface area contributed by atoms with Gasteiger partial charge in [-0.2, -0.15) is 0 Å². The van der Waals surface area contributed by atoms with Crippen molar-refractivity contribution < 1.29 is 14.4 Å². The van der Waals surface area contributed by atoms with Gasteiger partial charge in [0, 0.05) is 11.8 Å². The summed E-state index contributed by atoms with van der Waals surface area (Å²) >= 11 is 0. The Kier molecular flexibility index (Phi) is 2.52. The van der Waals surface area contributed by atoms with Gasteiger partial charge in [-0.25, -0.2) is 4.79 Å². The monoisotopic (exact) mass is 220 g/mol. The number of rotatable bonds is 3. The largest absolute Gasteiger partial charge is 0.477 e. The summed E-state index contributed by atoms with van der Waals surface area (Å²) in [5.41, 5.74) is 1.99. The van der Waals surface area contributed by atoms with E-state index < -0.39 is 5.97 Å². The predicted octanol–water partition coefficient (Wildman–Crippen LogP) is 1.84. The van der Waals surface area contributed by atoms with Crippen LogP contribution in [0, 0.1) is 13.8 Å². The molecule has 1 N–H and O–H groups in total. The molecule has 2 aromatic rings. The summed E-state index contributed by atoms with van der Waals surface area (Å²) in [5, 5.41) is 12.8. The highest BCUT2D eigenvalue weighted by Gasteiger charge is 2.13. The van der Waals surface area contributed by atoms with Gasteiger partial charge in [-0.3, -0.25) is 0 Å². The highest BCUT2D eigenvalue weighted by molar-refractivity contribution is 5.85. The minimum Gasteiger partial charge on any atom is -0.477 e. The Morgan fingerprint density at radius 2 is 2.31 bits per heavy atom. The highest BCUT2D eigenvalue weighted by atomic mass is 16.5. The lowest BCUT2D eigenvalue weighted by Gasteiger charge is -2.05. The van der Waals surface area contributed by atoms with Gasteiger partial charge in [0.05, 0.1) is 12.2 Å². The van der Waals surface area contributed by atoms with Crippen LogP contribution in [0.1, 0.15) is 27.5 Å². The molecule has 0 fully saturated rings. The van der Waals surface area contributed by atoms with E-state index in [2.05, 4.69) is 5.16 Å². The fourth-order valence-electron chi connectivity index (χ4n) is 1.64. The van der Waals surface area contributed by atoms with Gasteiger partial charge >= 0.3 is 5.97 Å². The number of aryl methyl sites for hydroxylation is 2. The second kappa shape index (κ2) is 3.84. The van der Waals surface area contributed by atoms with Crippen LogP contribution < -0.4 is 0 Å². The number of hydrogen-bond acceptors (Lipinski definition) is 3. The summed E-state index contributed by atoms with van der Waals surface area (Å²) in [7, 11) is 0. The molecule has 5 nitrogen and oxygen atoms in total. The number of aromatic nitrogens is 2. The first kappa shape index (κ1) is 10.5. The lowest BCUT2D eigenvalue weighted by molar-refractivity contribution is 0.0685. The summed E-state index contributed by atoms with van der Waals surface area (Å²) < 4.78 is 6.70. The van der Waals surface area contributed by atoms with Crippen molar-refractivity contribution in [3.63, 3.8) is 0 Å². The van der Waals surface area contributed by atoms with Gasteiger partial charge in [-0.05, 0) is 26.0 Å². The van der Waals surface area contributed by atoms with Crippen LogP contribution in [0.15, 0.2) is 22.9 Å². The van der Waals surface area contributed by atoms with Crippen LogP contribution in [0.5, 0.6) is 0 Å². The van der Waals surface area contributed by atoms with Crippen molar-refractivity contribution >= 4 is 5.97 Å². The molecule has 0 unspecified atom stereocenters. The van der Waals surface area contributed by atoms with Crippen molar-refractivity contribution in [2.24, 2.45) is 0 Å². The van der Waals surface area contributed by atoms with E-state index in [1.165, 1.54) is 0 Å². The van der Waals surface area contributed by atoms with Crippen molar-refractivity contribution in [1.29, 1.82) is 0 Å². The molecule has 0 aliphatic carbocycles. The Morgan fingerprint density at radius 1 is 1.56 bits per heavy atom. The molecule has 0 amide bonds. The maximum absolute atomic E-state index is 10.9. The molecule has 16 heavy (non-hydrogen) atoms. The fraction of sp³-hybridized carbons (Fsp3) is 0.273. The van der Waals surface area contributed by atoms with Crippen LogP contribution >= 0.6 is 0 Å². The number of hydrogen-bond donors (Lipinski definition) is 1. The quantitative estimate of drug-likeness (QED) is 0.856. The first-order valence-corrected chi connectivity index (χ1v) is 4.89. The van der Waals surface area contributed by atoms with Crippen molar-refractivity contribution in [1.82, 2.24) is 9.72 Å². The molecular formula is C11H12N2O3. The van der Waals surface area contributed by atoms with Gasteiger partial charge in [-0.1, -0.05) is 5.16 Å². The van der Waals surface area contributed by atoms with E-state index in [9.17, 15) is 4.79 Å². The summed E-state index contributed by atoms with van der Waals surface area (Å²) in [6.07, 6.45) is 1.73. The normalized spacial score (nSPS) is 10.6. The molecule has 0 saturated carbocycles. The molecule has 2 aromatic heterocycles. The van der Waals surface area contributed by atoms with Crippen molar-refractivity contribution in [3.8, 4) is 0 Å². The second-order valence-electron chi connectivity index (χ2n) is 3.63. The molecule has 0 atom stereocenters. The van der Waals surface area contributed by atoms with Crippen LogP contribution in [-0.4, -0.2) is 20.8 Å². The van der Waals surface area contributed by atoms with E-state index in [1.807, 2.05) is 13.8 Å². The van der Waals surface area contributed by atoms with Crippen molar-refractivity contribution in [2.45, 2.75) is 20.4 Å². The fourth-order valence-corrected chi connectivity index (χ4v) is 1.64. The van der Waals surface area contributed by atoms with Crippen molar-refractivity contribution in [2.75, 3.05) is 0 Å². The van der Waals surface area contributed by atoms with Gasteiger partial charge in [0.15, 0.2) is 0 Å². The highest BCUT2D eigenvalue weighted by Crippen LogP contribution is 2.15. The van der Waals surface area contributed by atoms with Crippen LogP contribution in [0.3, 0.4) is 0 Å². The summed E-state index contributed by atoms with van der Waals surface area (Å²) in [4.78, 5) is 10.9. The Bertz CT molecular complexity index is 506. The van der Waals surface area contributed by atoms with Crippen LogP contribution in [0.4, 0.5) is 0 Å². The van der Waals surface area contributed by atoms with Gasteiger partial charge in [-0.15, -0.1) is 0 Å². The predicted molar refractivity (Wildman–Crippen MR) is 56.5 cm³/mol. The number of carbonyl (C=O) groups is 1. The number of aromatic carboxylic acids is 1. The zero-order valence-corrected chi connectivity index (χ0v) is 9.10. The first-order valence-electron chi connectivity index (χ1n) is 4.89. The molecule has 0 aliphatic rings. The topological polar surface area (TPSA) is 68.3 Å². The molecule has 0 aliphatic heterocycles. The summed E-state index contributed by atoms with van der Waals surface area (Å²) in [5.74, 6) is -0.209. The first-order chi connectivity index (χ1) is 7.59. The van der Waals surface area contributed by atoms with E-state index in [1.54, 1.807) is 22.9 Å². The molecule has 2 rings (SSSR count). The van der Waals surface area contributed by atoms with Crippen LogP contribution in [-0.2, 0) is 6.54 Å². The number of carboxylic acid groups (broad SMARTS) is 1. The van der Waals surface area contributed by atoms with Gasteiger partial charge < -0.3 is 14.2 Å². The van der Waals surface area contributed by atoms with Gasteiger partial charge in [0.25, 0.3) is 0 Å². The van der Waals surface area contributed by atoms with Crippen LogP contribution in [0.2, 0.25) is 0 Å². The maximum Gasteiger partial charge on any atom is 0.352 e. The SMILES string of the molecule is Cc1noc(C)c1Cn1cccc1C(=O)O. The average molecular weight is 220 g/mol. The van der Waals surface area contributed by atoms with Crippen molar-refractivity contribution in [3.05, 3.63) is 41.0 Å². The minimum atomic E-state index is -0.934. The molecule has 84 valence electrons. The van der Waals surface area contributed by atoms with E-state index in [0.29, 0.717) is 6.54 Å². The Morgan fingerprint density at radius 3 is 2.88 bits per heavy atom. The number of nitrogens with zero attached hydrogens (tertiary/aromatic N) is 2. The zero-order chi connectivity index (χ0) is 11.7. The molecule has 0 saturated heterocycles. The van der Waals surface area contributed by atoms with E-state index in [-0.39, 0.29) is 5.69 Å². The number of carboxylic acids is 1. The average Bonchev–Trinajstić information content (AvgIpc) is 2.80. The Hall–Kier alpha value is -2.04. The van der Waals surface area contributed by atoms with Gasteiger partial charge in [0.1, 0.15) is 11.5 Å². The molecular weight excluding hydrogens is 208 g/mol. The third-order valence-electron chi connectivity index (χ3n) is 2.56. The third-order valence-corrected chi connectivity index (χ3v) is 2.56. The van der Waals surface area contributed by atoms with Crippen LogP contribution in [0.25, 0.3) is 0 Å². The summed E-state index contributed by atoms with van der Waals surface area (Å²) in [6, 6.07) is 3.28. The Labute approximate surface area is 92.3 Å². The lowest BCUT2D eigenvalue weighted by atomic mass is 10.2. The standard InChI is InChI=1S/C11H12N2O3/c1-7-9(8(2)16-12-7)6-13-5-3-4-10(13)11(14)15/h3-5H,6H2,1-2H3,(H,14,15). The zero-order valence-electron chi connectivity index (χ0n) is 9.10. The van der Waals surface area contributed by atoms with E-state index in [0.717, 1.165) is 17.0 Å². The Balaban J connectivity index is 2.34. The molecule has 2 heterocycles. The molecule has 0 bridgehead atoms. The van der Waals surface area contributed by atoms with E-state index >= 15 is 0 Å². The van der Waals surface area contributed by atoms with Gasteiger partial charge in [0.2, 0.25) is 0 Å². The molecule has 0 aromatic carbocycles. The maximum atomic E-state index is 10.9. The molecule has 0 radical (unpaired) electrons. The summed E-state index contributed by atoms with van der Waals surface area (Å²) in [6.45, 7) is 4.13. The molecule has 0 spiro atoms. The lowest BCUT2D eigenvalue weighted by Crippen LogP contribution is -2.09. The third kappa shape index (κ3) is 1.71. The molecule has 5 heteroatoms. The minimum absolute atomic E-state index is 0.264. The smallest absolute Gasteiger partial charge is 0.352 e.